The lowest BCUT2D eigenvalue weighted by Gasteiger charge is -2.36. The molecule has 1 heterocycles. The van der Waals surface area contributed by atoms with Gasteiger partial charge in [-0.3, -0.25) is 4.79 Å². The maximum atomic E-state index is 11.8. The second-order valence-electron chi connectivity index (χ2n) is 8.26. The molecule has 5 nitrogen and oxygen atoms in total. The number of hydrogen-bond donors (Lipinski definition) is 0. The Morgan fingerprint density at radius 3 is 2.35 bits per heavy atom. The van der Waals surface area contributed by atoms with Crippen molar-refractivity contribution in [3.63, 3.8) is 0 Å². The Labute approximate surface area is 159 Å². The highest BCUT2D eigenvalue weighted by atomic mass is 28.4. The van der Waals surface area contributed by atoms with Crippen molar-refractivity contribution in [1.29, 1.82) is 0 Å². The molecule has 0 aliphatic rings. The van der Waals surface area contributed by atoms with Crippen LogP contribution >= 0.6 is 0 Å². The van der Waals surface area contributed by atoms with Gasteiger partial charge in [0.25, 0.3) is 0 Å². The van der Waals surface area contributed by atoms with Crippen LogP contribution in [0.4, 0.5) is 0 Å². The third kappa shape index (κ3) is 6.92. The number of carbonyl (C=O) groups is 1. The molecule has 0 aromatic carbocycles. The van der Waals surface area contributed by atoms with Crippen molar-refractivity contribution >= 4 is 19.7 Å². The number of hydrogen-bond acceptors (Lipinski definition) is 5. The molecule has 0 unspecified atom stereocenters. The zero-order chi connectivity index (χ0) is 20.0. The first-order valence-electron chi connectivity index (χ1n) is 9.06. The van der Waals surface area contributed by atoms with Gasteiger partial charge in [-0.2, -0.15) is 0 Å². The Bertz CT molecular complexity index is 617. The van der Waals surface area contributed by atoms with Crippen molar-refractivity contribution < 1.29 is 14.0 Å². The van der Waals surface area contributed by atoms with Gasteiger partial charge < -0.3 is 14.1 Å². The van der Waals surface area contributed by atoms with Gasteiger partial charge in [0.05, 0.1) is 6.61 Å². The van der Waals surface area contributed by atoms with E-state index in [2.05, 4.69) is 38.8 Å². The third-order valence-electron chi connectivity index (χ3n) is 4.62. The first-order chi connectivity index (χ1) is 11.9. The van der Waals surface area contributed by atoms with Crippen LogP contribution in [0.1, 0.15) is 39.7 Å². The smallest absolute Gasteiger partial charge is 0.213 e. The molecule has 6 heteroatoms. The van der Waals surface area contributed by atoms with E-state index >= 15 is 0 Å². The lowest BCUT2D eigenvalue weighted by molar-refractivity contribution is -0.111. The van der Waals surface area contributed by atoms with Crippen molar-refractivity contribution in [1.82, 2.24) is 9.88 Å². The minimum Gasteiger partial charge on any atom is -0.478 e. The first-order valence-corrected chi connectivity index (χ1v) is 12.0. The second-order valence-corrected chi connectivity index (χ2v) is 13.1. The van der Waals surface area contributed by atoms with Crippen LogP contribution < -0.4 is 4.74 Å². The highest BCUT2D eigenvalue weighted by molar-refractivity contribution is 6.74. The highest BCUT2D eigenvalue weighted by Gasteiger charge is 2.36. The van der Waals surface area contributed by atoms with Crippen LogP contribution in [0.5, 0.6) is 5.88 Å². The van der Waals surface area contributed by atoms with Crippen molar-refractivity contribution in [3.05, 3.63) is 30.1 Å². The number of rotatable bonds is 9. The zero-order valence-corrected chi connectivity index (χ0v) is 18.5. The molecule has 0 atom stereocenters. The van der Waals surface area contributed by atoms with Gasteiger partial charge in [-0.15, -0.1) is 0 Å². The van der Waals surface area contributed by atoms with Gasteiger partial charge in [0.2, 0.25) is 5.88 Å². The zero-order valence-electron chi connectivity index (χ0n) is 17.5. The predicted octanol–water partition coefficient (Wildman–Crippen LogP) is 4.36. The molecule has 1 aromatic heterocycles. The molecule has 0 fully saturated rings. The van der Waals surface area contributed by atoms with Gasteiger partial charge in [-0.05, 0) is 31.1 Å². The summed E-state index contributed by atoms with van der Waals surface area (Å²) in [5.41, 5.74) is 1.43. The Morgan fingerprint density at radius 1 is 1.23 bits per heavy atom. The number of ketones is 1. The molecule has 0 aliphatic heterocycles. The van der Waals surface area contributed by atoms with Gasteiger partial charge in [-0.1, -0.05) is 20.8 Å². The summed E-state index contributed by atoms with van der Waals surface area (Å²) >= 11 is 0. The predicted molar refractivity (Wildman–Crippen MR) is 110 cm³/mol. The number of pyridine rings is 1. The molecular weight excluding hydrogens is 344 g/mol. The Balaban J connectivity index is 2.52. The Hall–Kier alpha value is -1.66. The Kier molecular flexibility index (Phi) is 8.03. The molecule has 0 saturated carbocycles. The van der Waals surface area contributed by atoms with E-state index in [0.29, 0.717) is 24.7 Å². The molecule has 0 aliphatic carbocycles. The lowest BCUT2D eigenvalue weighted by Crippen LogP contribution is -2.41. The number of nitrogens with zero attached hydrogens (tertiary/aromatic N) is 2. The molecule has 26 heavy (non-hydrogen) atoms. The monoisotopic (exact) mass is 378 g/mol. The topological polar surface area (TPSA) is 51.7 Å². The summed E-state index contributed by atoms with van der Waals surface area (Å²) in [5.74, 6) is 0.575. The quantitative estimate of drug-likeness (QED) is 0.363. The average molecular weight is 379 g/mol. The van der Waals surface area contributed by atoms with Gasteiger partial charge in [0, 0.05) is 56.7 Å². The van der Waals surface area contributed by atoms with Crippen molar-refractivity contribution in [2.75, 3.05) is 27.3 Å². The Morgan fingerprint density at radius 2 is 1.88 bits per heavy atom. The summed E-state index contributed by atoms with van der Waals surface area (Å²) < 4.78 is 11.8. The second kappa shape index (κ2) is 9.32. The van der Waals surface area contributed by atoms with Crippen molar-refractivity contribution in [3.8, 4) is 5.88 Å². The molecule has 1 aromatic rings. The molecule has 146 valence electrons. The van der Waals surface area contributed by atoms with Crippen LogP contribution in [0.15, 0.2) is 24.5 Å². The number of Topliss-reactive ketones (excluding diaryl/α,β-unsaturated/α-hetero) is 1. The molecule has 0 radical (unpaired) electrons. The van der Waals surface area contributed by atoms with E-state index in [1.165, 1.54) is 0 Å². The minimum atomic E-state index is -1.69. The molecule has 0 bridgehead atoms. The van der Waals surface area contributed by atoms with Gasteiger partial charge in [-0.25, -0.2) is 4.98 Å². The highest BCUT2D eigenvalue weighted by Crippen LogP contribution is 2.36. The molecule has 0 amide bonds. The lowest BCUT2D eigenvalue weighted by atomic mass is 10.1. The fraction of sp³-hybridized carbons (Fsp3) is 0.600. The standard InChI is InChI=1S/C20H34N2O3Si/c1-16(23)18(15-22(5)6)17-10-11-19(21-14-17)24-12-9-13-25-26(7,8)20(2,3)4/h10-11,14-15H,9,12-13H2,1-8H3/b18-15+. The first kappa shape index (κ1) is 22.4. The van der Waals surface area contributed by atoms with Crippen LogP contribution in [0.25, 0.3) is 5.57 Å². The minimum absolute atomic E-state index is 0.0111. The van der Waals surface area contributed by atoms with E-state index in [1.807, 2.05) is 25.1 Å². The number of aromatic nitrogens is 1. The number of carbonyl (C=O) groups excluding carboxylic acids is 1. The van der Waals surface area contributed by atoms with Gasteiger partial charge in [0.1, 0.15) is 0 Å². The van der Waals surface area contributed by atoms with E-state index in [0.717, 1.165) is 12.0 Å². The SMILES string of the molecule is CC(=O)/C(=C\N(C)C)c1ccc(OCCCO[Si](C)(C)C(C)(C)C)nc1. The number of allylic oxidation sites excluding steroid dienone is 1. The van der Waals surface area contributed by atoms with E-state index < -0.39 is 8.32 Å². The third-order valence-corrected chi connectivity index (χ3v) is 9.16. The molecule has 0 saturated heterocycles. The maximum absolute atomic E-state index is 11.8. The summed E-state index contributed by atoms with van der Waals surface area (Å²) in [5, 5.41) is 0.222. The summed E-state index contributed by atoms with van der Waals surface area (Å²) in [6.07, 6.45) is 4.31. The summed E-state index contributed by atoms with van der Waals surface area (Å²) in [7, 11) is 2.09. The summed E-state index contributed by atoms with van der Waals surface area (Å²) in [4.78, 5) is 18.0. The van der Waals surface area contributed by atoms with Crippen LogP contribution in [-0.4, -0.2) is 51.3 Å². The van der Waals surface area contributed by atoms with Crippen LogP contribution in [0, 0.1) is 0 Å². The fourth-order valence-corrected chi connectivity index (χ4v) is 3.12. The molecule has 0 N–H and O–H groups in total. The van der Waals surface area contributed by atoms with E-state index in [4.69, 9.17) is 9.16 Å². The van der Waals surface area contributed by atoms with Gasteiger partial charge >= 0.3 is 0 Å². The van der Waals surface area contributed by atoms with Crippen molar-refractivity contribution in [2.45, 2.75) is 52.2 Å². The van der Waals surface area contributed by atoms with E-state index in [9.17, 15) is 4.79 Å². The van der Waals surface area contributed by atoms with Crippen LogP contribution in [0.3, 0.4) is 0 Å². The normalized spacial score (nSPS) is 12.8. The van der Waals surface area contributed by atoms with Crippen LogP contribution in [-0.2, 0) is 9.22 Å². The molecule has 1 rings (SSSR count). The maximum Gasteiger partial charge on any atom is 0.213 e. The molecule has 0 spiro atoms. The summed E-state index contributed by atoms with van der Waals surface area (Å²) in [6, 6.07) is 3.67. The average Bonchev–Trinajstić information content (AvgIpc) is 2.51. The van der Waals surface area contributed by atoms with E-state index in [1.54, 1.807) is 25.4 Å². The molecular formula is C20H34N2O3Si. The van der Waals surface area contributed by atoms with E-state index in [-0.39, 0.29) is 10.8 Å². The largest absolute Gasteiger partial charge is 0.478 e. The fourth-order valence-electron chi connectivity index (χ4n) is 2.03. The van der Waals surface area contributed by atoms with Crippen molar-refractivity contribution in [2.24, 2.45) is 0 Å². The summed E-state index contributed by atoms with van der Waals surface area (Å²) in [6.45, 7) is 14.0. The van der Waals surface area contributed by atoms with Gasteiger partial charge in [0.15, 0.2) is 14.1 Å². The number of ether oxygens (including phenoxy) is 1. The van der Waals surface area contributed by atoms with Crippen LogP contribution in [0.2, 0.25) is 18.1 Å².